The first kappa shape index (κ1) is 24.3. The summed E-state index contributed by atoms with van der Waals surface area (Å²) < 4.78 is 9.96. The van der Waals surface area contributed by atoms with E-state index in [2.05, 4.69) is 30.6 Å². The molecule has 0 amide bonds. The molecule has 0 aromatic heterocycles. The van der Waals surface area contributed by atoms with Gasteiger partial charge in [-0.05, 0) is 38.8 Å². The SMILES string of the molecule is CCCCCCC#Cc1ccccc1C#CCCC(C(=O)OCC)C(=O)OCC. The van der Waals surface area contributed by atoms with E-state index in [1.165, 1.54) is 19.3 Å². The molecule has 156 valence electrons. The molecule has 0 saturated carbocycles. The maximum absolute atomic E-state index is 12.0. The number of hydrogen-bond donors (Lipinski definition) is 0. The van der Waals surface area contributed by atoms with Gasteiger partial charge in [0.1, 0.15) is 0 Å². The summed E-state index contributed by atoms with van der Waals surface area (Å²) in [5.41, 5.74) is 1.76. The number of benzene rings is 1. The van der Waals surface area contributed by atoms with Crippen LogP contribution in [0.4, 0.5) is 0 Å². The van der Waals surface area contributed by atoms with E-state index < -0.39 is 17.9 Å². The van der Waals surface area contributed by atoms with E-state index in [1.54, 1.807) is 13.8 Å². The summed E-state index contributed by atoms with van der Waals surface area (Å²) in [7, 11) is 0. The molecule has 0 saturated heterocycles. The predicted octanol–water partition coefficient (Wildman–Crippen LogP) is 4.88. The van der Waals surface area contributed by atoms with E-state index in [4.69, 9.17) is 9.47 Å². The number of hydrogen-bond acceptors (Lipinski definition) is 4. The van der Waals surface area contributed by atoms with Gasteiger partial charge in [0.2, 0.25) is 0 Å². The van der Waals surface area contributed by atoms with Gasteiger partial charge in [0, 0.05) is 24.0 Å². The van der Waals surface area contributed by atoms with Crippen LogP contribution in [0.2, 0.25) is 0 Å². The lowest BCUT2D eigenvalue weighted by Gasteiger charge is -2.12. The molecule has 0 aliphatic carbocycles. The van der Waals surface area contributed by atoms with Gasteiger partial charge in [0.05, 0.1) is 13.2 Å². The monoisotopic (exact) mass is 396 g/mol. The quantitative estimate of drug-likeness (QED) is 0.245. The van der Waals surface area contributed by atoms with Gasteiger partial charge in [-0.25, -0.2) is 0 Å². The van der Waals surface area contributed by atoms with Crippen molar-refractivity contribution in [1.29, 1.82) is 0 Å². The molecule has 0 aliphatic heterocycles. The van der Waals surface area contributed by atoms with E-state index in [9.17, 15) is 9.59 Å². The van der Waals surface area contributed by atoms with Crippen LogP contribution in [-0.4, -0.2) is 25.2 Å². The second-order valence-electron chi connectivity index (χ2n) is 6.56. The van der Waals surface area contributed by atoms with Crippen LogP contribution in [0.15, 0.2) is 24.3 Å². The summed E-state index contributed by atoms with van der Waals surface area (Å²) in [6.07, 6.45) is 6.37. The average Bonchev–Trinajstić information content (AvgIpc) is 2.71. The zero-order valence-corrected chi connectivity index (χ0v) is 17.9. The highest BCUT2D eigenvalue weighted by Gasteiger charge is 2.28. The molecule has 0 unspecified atom stereocenters. The highest BCUT2D eigenvalue weighted by atomic mass is 16.6. The zero-order chi connectivity index (χ0) is 21.3. The summed E-state index contributed by atoms with van der Waals surface area (Å²) in [5.74, 6) is 10.6. The van der Waals surface area contributed by atoms with Crippen LogP contribution in [0.5, 0.6) is 0 Å². The van der Waals surface area contributed by atoms with Crippen molar-refractivity contribution in [1.82, 2.24) is 0 Å². The standard InChI is InChI=1S/C25H32O4/c1-4-7-8-9-10-11-16-21-17-12-13-18-22(21)19-14-15-20-23(24(26)28-5-2)25(27)29-6-3/h12-13,17-18,23H,4-10,15,20H2,1-3H3. The Morgan fingerprint density at radius 3 is 1.90 bits per heavy atom. The molecular formula is C25H32O4. The fourth-order valence-corrected chi connectivity index (χ4v) is 2.69. The fraction of sp³-hybridized carbons (Fsp3) is 0.520. The minimum atomic E-state index is -0.928. The summed E-state index contributed by atoms with van der Waals surface area (Å²) in [4.78, 5) is 24.0. The van der Waals surface area contributed by atoms with Gasteiger partial charge in [-0.1, -0.05) is 62.0 Å². The number of ether oxygens (including phenoxy) is 2. The zero-order valence-electron chi connectivity index (χ0n) is 17.9. The fourth-order valence-electron chi connectivity index (χ4n) is 2.69. The van der Waals surface area contributed by atoms with Crippen molar-refractivity contribution in [3.63, 3.8) is 0 Å². The van der Waals surface area contributed by atoms with Gasteiger partial charge in [-0.3, -0.25) is 9.59 Å². The van der Waals surface area contributed by atoms with Crippen molar-refractivity contribution < 1.29 is 19.1 Å². The second-order valence-corrected chi connectivity index (χ2v) is 6.56. The minimum Gasteiger partial charge on any atom is -0.465 e. The van der Waals surface area contributed by atoms with Crippen molar-refractivity contribution in [2.24, 2.45) is 5.92 Å². The van der Waals surface area contributed by atoms with E-state index in [1.807, 2.05) is 24.3 Å². The Labute approximate surface area is 175 Å². The van der Waals surface area contributed by atoms with Crippen molar-refractivity contribution >= 4 is 11.9 Å². The maximum atomic E-state index is 12.0. The summed E-state index contributed by atoms with van der Waals surface area (Å²) in [6, 6.07) is 7.77. The van der Waals surface area contributed by atoms with Gasteiger partial charge < -0.3 is 9.47 Å². The van der Waals surface area contributed by atoms with E-state index in [0.717, 1.165) is 24.0 Å². The van der Waals surface area contributed by atoms with Crippen LogP contribution < -0.4 is 0 Å². The lowest BCUT2D eigenvalue weighted by molar-refractivity contribution is -0.161. The molecule has 0 N–H and O–H groups in total. The topological polar surface area (TPSA) is 52.6 Å². The van der Waals surface area contributed by atoms with Gasteiger partial charge in [-0.15, -0.1) is 0 Å². The molecule has 0 aliphatic rings. The third kappa shape index (κ3) is 9.86. The Morgan fingerprint density at radius 1 is 0.828 bits per heavy atom. The smallest absolute Gasteiger partial charge is 0.320 e. The maximum Gasteiger partial charge on any atom is 0.320 e. The number of rotatable bonds is 10. The van der Waals surface area contributed by atoms with Gasteiger partial charge in [0.25, 0.3) is 0 Å². The molecule has 0 atom stereocenters. The Hall–Kier alpha value is -2.72. The number of carbonyl (C=O) groups excluding carboxylic acids is 2. The first-order valence-corrected chi connectivity index (χ1v) is 10.5. The first-order chi connectivity index (χ1) is 14.1. The Morgan fingerprint density at radius 2 is 1.38 bits per heavy atom. The molecule has 0 radical (unpaired) electrons. The molecule has 1 aromatic rings. The summed E-state index contributed by atoms with van der Waals surface area (Å²) >= 11 is 0. The van der Waals surface area contributed by atoms with Crippen molar-refractivity contribution in [3.05, 3.63) is 35.4 Å². The van der Waals surface area contributed by atoms with Crippen LogP contribution in [-0.2, 0) is 19.1 Å². The molecule has 1 aromatic carbocycles. The van der Waals surface area contributed by atoms with Gasteiger partial charge in [-0.2, -0.15) is 0 Å². The largest absolute Gasteiger partial charge is 0.465 e. The van der Waals surface area contributed by atoms with Crippen LogP contribution in [0.3, 0.4) is 0 Å². The van der Waals surface area contributed by atoms with Crippen LogP contribution in [0, 0.1) is 29.6 Å². The number of carbonyl (C=O) groups is 2. The molecule has 0 spiro atoms. The lowest BCUT2D eigenvalue weighted by atomic mass is 10.0. The highest BCUT2D eigenvalue weighted by molar-refractivity contribution is 5.94. The van der Waals surface area contributed by atoms with Gasteiger partial charge in [0.15, 0.2) is 5.92 Å². The number of unbranched alkanes of at least 4 members (excludes halogenated alkanes) is 4. The second kappa shape index (κ2) is 15.2. The molecule has 1 rings (SSSR count). The Bertz CT molecular complexity index is 740. The third-order valence-corrected chi connectivity index (χ3v) is 4.23. The van der Waals surface area contributed by atoms with E-state index >= 15 is 0 Å². The van der Waals surface area contributed by atoms with Crippen LogP contribution in [0.25, 0.3) is 0 Å². The normalized spacial score (nSPS) is 9.79. The summed E-state index contributed by atoms with van der Waals surface area (Å²) in [6.45, 7) is 6.07. The van der Waals surface area contributed by atoms with Crippen molar-refractivity contribution in [2.45, 2.75) is 65.7 Å². The molecule has 4 heteroatoms. The number of esters is 2. The van der Waals surface area contributed by atoms with Crippen molar-refractivity contribution in [3.8, 4) is 23.7 Å². The Balaban J connectivity index is 2.71. The van der Waals surface area contributed by atoms with E-state index in [0.29, 0.717) is 6.42 Å². The van der Waals surface area contributed by atoms with Crippen molar-refractivity contribution in [2.75, 3.05) is 13.2 Å². The lowest BCUT2D eigenvalue weighted by Crippen LogP contribution is -2.28. The molecule has 0 fully saturated rings. The molecule has 0 bridgehead atoms. The molecule has 0 heterocycles. The van der Waals surface area contributed by atoms with Crippen LogP contribution in [0.1, 0.15) is 76.8 Å². The predicted molar refractivity (Wildman–Crippen MR) is 115 cm³/mol. The minimum absolute atomic E-state index is 0.227. The molecule has 4 nitrogen and oxygen atoms in total. The third-order valence-electron chi connectivity index (χ3n) is 4.23. The molecule has 29 heavy (non-hydrogen) atoms. The van der Waals surface area contributed by atoms with Crippen LogP contribution >= 0.6 is 0 Å². The average molecular weight is 397 g/mol. The Kier molecular flexibility index (Phi) is 12.8. The summed E-state index contributed by atoms with van der Waals surface area (Å²) in [5, 5.41) is 0. The molecular weight excluding hydrogens is 364 g/mol. The van der Waals surface area contributed by atoms with Gasteiger partial charge >= 0.3 is 11.9 Å². The highest BCUT2D eigenvalue weighted by Crippen LogP contribution is 2.12. The van der Waals surface area contributed by atoms with E-state index in [-0.39, 0.29) is 19.6 Å². The first-order valence-electron chi connectivity index (χ1n) is 10.5.